The van der Waals surface area contributed by atoms with Crippen LogP contribution in [0.2, 0.25) is 0 Å². The molecule has 1 saturated heterocycles. The molecule has 1 N–H and O–H groups in total. The van der Waals surface area contributed by atoms with Crippen LogP contribution < -0.4 is 14.8 Å². The van der Waals surface area contributed by atoms with E-state index in [-0.39, 0.29) is 29.9 Å². The summed E-state index contributed by atoms with van der Waals surface area (Å²) in [7, 11) is -1.18. The largest absolute Gasteiger partial charge is 0.493 e. The SMILES string of the molecule is COc1cc(F)c(S(=O)(=O)N2CCNC[C@@H]2C)cc1OC.Cl. The number of methoxy groups -OCH3 is 2. The molecule has 1 aliphatic heterocycles. The topological polar surface area (TPSA) is 67.9 Å². The van der Waals surface area contributed by atoms with Crippen LogP contribution in [0.25, 0.3) is 0 Å². The third-order valence-electron chi connectivity index (χ3n) is 3.47. The Balaban J connectivity index is 0.00000242. The first-order valence-electron chi connectivity index (χ1n) is 6.56. The highest BCUT2D eigenvalue weighted by Gasteiger charge is 2.33. The van der Waals surface area contributed by atoms with Crippen molar-refractivity contribution in [3.8, 4) is 11.5 Å². The lowest BCUT2D eigenvalue weighted by Crippen LogP contribution is -2.52. The molecule has 0 radical (unpaired) electrons. The average molecular weight is 355 g/mol. The molecule has 6 nitrogen and oxygen atoms in total. The van der Waals surface area contributed by atoms with Gasteiger partial charge in [0.05, 0.1) is 14.2 Å². The molecule has 0 saturated carbocycles. The normalized spacial score (nSPS) is 19.4. The van der Waals surface area contributed by atoms with Gasteiger partial charge in [-0.05, 0) is 6.92 Å². The predicted molar refractivity (Wildman–Crippen MR) is 83.0 cm³/mol. The highest BCUT2D eigenvalue weighted by Crippen LogP contribution is 2.33. The average Bonchev–Trinajstić information content (AvgIpc) is 2.46. The van der Waals surface area contributed by atoms with E-state index in [0.717, 1.165) is 12.1 Å². The first-order chi connectivity index (χ1) is 9.91. The predicted octanol–water partition coefficient (Wildman–Crippen LogP) is 1.25. The van der Waals surface area contributed by atoms with Crippen molar-refractivity contribution in [1.29, 1.82) is 0 Å². The molecule has 1 aromatic rings. The van der Waals surface area contributed by atoms with Crippen molar-refractivity contribution in [2.45, 2.75) is 17.9 Å². The van der Waals surface area contributed by atoms with Crippen LogP contribution in [-0.2, 0) is 10.0 Å². The van der Waals surface area contributed by atoms with Crippen molar-refractivity contribution in [3.63, 3.8) is 0 Å². The molecule has 0 bridgehead atoms. The lowest BCUT2D eigenvalue weighted by atomic mass is 10.3. The van der Waals surface area contributed by atoms with E-state index in [1.807, 2.05) is 0 Å². The lowest BCUT2D eigenvalue weighted by Gasteiger charge is -2.33. The molecule has 1 fully saturated rings. The van der Waals surface area contributed by atoms with Gasteiger partial charge in [0.1, 0.15) is 10.7 Å². The maximum Gasteiger partial charge on any atom is 0.246 e. The van der Waals surface area contributed by atoms with Crippen molar-refractivity contribution in [2.75, 3.05) is 33.9 Å². The first-order valence-corrected chi connectivity index (χ1v) is 8.00. The van der Waals surface area contributed by atoms with Gasteiger partial charge >= 0.3 is 0 Å². The Kier molecular flexibility index (Phi) is 6.42. The standard InChI is InChI=1S/C13H19FN2O4S.ClH/c1-9-8-15-4-5-16(9)21(17,18)13-7-12(20-3)11(19-2)6-10(13)14;/h6-7,9,15H,4-5,8H2,1-3H3;1H/t9-;/m0./s1. The first kappa shape index (κ1) is 19.0. The second-order valence-electron chi connectivity index (χ2n) is 4.81. The molecule has 9 heteroatoms. The summed E-state index contributed by atoms with van der Waals surface area (Å²) in [6.45, 7) is 3.16. The number of rotatable bonds is 4. The third-order valence-corrected chi connectivity index (χ3v) is 5.49. The molecule has 2 rings (SSSR count). The van der Waals surface area contributed by atoms with Crippen molar-refractivity contribution in [1.82, 2.24) is 9.62 Å². The quantitative estimate of drug-likeness (QED) is 0.881. The van der Waals surface area contributed by atoms with Gasteiger partial charge in [-0.3, -0.25) is 0 Å². The summed E-state index contributed by atoms with van der Waals surface area (Å²) in [5.74, 6) is -0.513. The van der Waals surface area contributed by atoms with E-state index in [4.69, 9.17) is 9.47 Å². The second-order valence-corrected chi connectivity index (χ2v) is 6.67. The maximum absolute atomic E-state index is 14.2. The molecule has 1 atom stereocenters. The van der Waals surface area contributed by atoms with Crippen LogP contribution in [0.5, 0.6) is 11.5 Å². The Morgan fingerprint density at radius 2 is 1.86 bits per heavy atom. The molecule has 0 unspecified atom stereocenters. The third kappa shape index (κ3) is 3.45. The zero-order valence-electron chi connectivity index (χ0n) is 12.6. The number of sulfonamides is 1. The number of piperazine rings is 1. The fourth-order valence-electron chi connectivity index (χ4n) is 2.34. The van der Waals surface area contributed by atoms with E-state index in [1.54, 1.807) is 6.92 Å². The minimum absolute atomic E-state index is 0. The summed E-state index contributed by atoms with van der Waals surface area (Å²) in [4.78, 5) is -0.395. The van der Waals surface area contributed by atoms with Gasteiger partial charge < -0.3 is 14.8 Å². The van der Waals surface area contributed by atoms with Gasteiger partial charge in [0.15, 0.2) is 11.5 Å². The van der Waals surface area contributed by atoms with E-state index in [2.05, 4.69) is 5.32 Å². The molecule has 22 heavy (non-hydrogen) atoms. The van der Waals surface area contributed by atoms with Crippen molar-refractivity contribution in [2.24, 2.45) is 0 Å². The second kappa shape index (κ2) is 7.45. The Morgan fingerprint density at radius 3 is 2.41 bits per heavy atom. The number of hydrogen-bond acceptors (Lipinski definition) is 5. The summed E-state index contributed by atoms with van der Waals surface area (Å²) < 4.78 is 50.8. The van der Waals surface area contributed by atoms with Gasteiger partial charge in [-0.25, -0.2) is 12.8 Å². The van der Waals surface area contributed by atoms with Gasteiger partial charge in [0.25, 0.3) is 0 Å². The van der Waals surface area contributed by atoms with E-state index >= 15 is 0 Å². The van der Waals surface area contributed by atoms with Gasteiger partial charge in [0.2, 0.25) is 10.0 Å². The minimum Gasteiger partial charge on any atom is -0.493 e. The van der Waals surface area contributed by atoms with Crippen LogP contribution in [0, 0.1) is 5.82 Å². The van der Waals surface area contributed by atoms with Crippen molar-refractivity contribution >= 4 is 22.4 Å². The molecular formula is C13H20ClFN2O4S. The van der Waals surface area contributed by atoms with Crippen molar-refractivity contribution in [3.05, 3.63) is 17.9 Å². The van der Waals surface area contributed by atoms with Gasteiger partial charge in [-0.15, -0.1) is 12.4 Å². The number of hydrogen-bond donors (Lipinski definition) is 1. The summed E-state index contributed by atoms with van der Waals surface area (Å²) >= 11 is 0. The number of nitrogens with zero attached hydrogens (tertiary/aromatic N) is 1. The zero-order chi connectivity index (χ0) is 15.6. The van der Waals surface area contributed by atoms with Crippen LogP contribution >= 0.6 is 12.4 Å². The molecule has 0 aliphatic carbocycles. The molecular weight excluding hydrogens is 335 g/mol. The van der Waals surface area contributed by atoms with Crippen LogP contribution in [0.1, 0.15) is 6.92 Å². The number of ether oxygens (including phenoxy) is 2. The Morgan fingerprint density at radius 1 is 1.27 bits per heavy atom. The molecule has 1 aliphatic rings. The minimum atomic E-state index is -3.92. The lowest BCUT2D eigenvalue weighted by molar-refractivity contribution is 0.282. The molecule has 0 spiro atoms. The fraction of sp³-hybridized carbons (Fsp3) is 0.538. The Bertz CT molecular complexity index is 627. The molecule has 1 aromatic carbocycles. The van der Waals surface area contributed by atoms with Crippen LogP contribution in [-0.4, -0.2) is 52.6 Å². The van der Waals surface area contributed by atoms with Crippen LogP contribution in [0.4, 0.5) is 4.39 Å². The number of nitrogens with one attached hydrogen (secondary N) is 1. The zero-order valence-corrected chi connectivity index (χ0v) is 14.3. The summed E-state index contributed by atoms with van der Waals surface area (Å²) in [5.41, 5.74) is 0. The van der Waals surface area contributed by atoms with Gasteiger partial charge in [0, 0.05) is 37.8 Å². The molecule has 1 heterocycles. The van der Waals surface area contributed by atoms with Crippen LogP contribution in [0.15, 0.2) is 17.0 Å². The summed E-state index contributed by atoms with van der Waals surface area (Å²) in [6, 6.07) is 1.95. The Hall–Kier alpha value is -1.09. The molecule has 126 valence electrons. The highest BCUT2D eigenvalue weighted by molar-refractivity contribution is 7.89. The van der Waals surface area contributed by atoms with Crippen molar-refractivity contribution < 1.29 is 22.3 Å². The van der Waals surface area contributed by atoms with E-state index in [0.29, 0.717) is 19.6 Å². The maximum atomic E-state index is 14.2. The Labute approximate surface area is 136 Å². The van der Waals surface area contributed by atoms with Gasteiger partial charge in [-0.2, -0.15) is 4.31 Å². The van der Waals surface area contributed by atoms with Gasteiger partial charge in [-0.1, -0.05) is 0 Å². The van der Waals surface area contributed by atoms with E-state index < -0.39 is 20.7 Å². The monoisotopic (exact) mass is 354 g/mol. The summed E-state index contributed by atoms with van der Waals surface area (Å²) in [6.07, 6.45) is 0. The number of halogens is 2. The molecule has 0 aromatic heterocycles. The molecule has 0 amide bonds. The fourth-order valence-corrected chi connectivity index (χ4v) is 4.03. The number of benzene rings is 1. The van der Waals surface area contributed by atoms with Crippen LogP contribution in [0.3, 0.4) is 0 Å². The van der Waals surface area contributed by atoms with E-state index in [9.17, 15) is 12.8 Å². The van der Waals surface area contributed by atoms with E-state index in [1.165, 1.54) is 18.5 Å². The highest BCUT2D eigenvalue weighted by atomic mass is 35.5. The summed E-state index contributed by atoms with van der Waals surface area (Å²) in [5, 5.41) is 3.10. The smallest absolute Gasteiger partial charge is 0.246 e.